The third-order valence-electron chi connectivity index (χ3n) is 3.08. The van der Waals surface area contributed by atoms with E-state index in [1.54, 1.807) is 24.3 Å². The Kier molecular flexibility index (Phi) is 5.62. The molecule has 2 rings (SSSR count). The van der Waals surface area contributed by atoms with Crippen molar-refractivity contribution < 1.29 is 24.5 Å². The Bertz CT molecular complexity index is 776. The van der Waals surface area contributed by atoms with Gasteiger partial charge >= 0.3 is 5.97 Å². The summed E-state index contributed by atoms with van der Waals surface area (Å²) in [6.07, 6.45) is 0.568. The average Bonchev–Trinajstić information content (AvgIpc) is 2.52. The fourth-order valence-electron chi connectivity index (χ4n) is 1.93. The average molecular weight is 334 g/mol. The maximum absolute atomic E-state index is 11.0. The molecular weight excluding hydrogens is 319 g/mol. The highest BCUT2D eigenvalue weighted by atomic mass is 31.1. The van der Waals surface area contributed by atoms with Gasteiger partial charge in [0, 0.05) is 6.16 Å². The number of carboxylic acid groups (broad SMARTS) is 1. The van der Waals surface area contributed by atoms with Gasteiger partial charge in [-0.15, -0.1) is 0 Å². The van der Waals surface area contributed by atoms with Gasteiger partial charge in [-0.1, -0.05) is 18.2 Å². The van der Waals surface area contributed by atoms with Crippen LogP contribution >= 0.6 is 8.03 Å². The topological polar surface area (TPSA) is 120 Å². The van der Waals surface area contributed by atoms with E-state index in [0.717, 1.165) is 5.56 Å². The summed E-state index contributed by atoms with van der Waals surface area (Å²) in [6, 6.07) is 11.0. The maximum Gasteiger partial charge on any atom is 0.339 e. The molecule has 7 nitrogen and oxygen atoms in total. The molecule has 0 fully saturated rings. The first-order valence-electron chi connectivity index (χ1n) is 6.75. The number of phenols is 1. The lowest BCUT2D eigenvalue weighted by Crippen LogP contribution is -1.95. The zero-order valence-corrected chi connectivity index (χ0v) is 13.0. The number of carboxylic acids is 1. The normalized spacial score (nSPS) is 12.4. The largest absolute Gasteiger partial charge is 0.507 e. The Morgan fingerprint density at radius 2 is 1.87 bits per heavy atom. The molecule has 0 bridgehead atoms. The number of carbonyl (C=O) groups is 1. The van der Waals surface area contributed by atoms with Crippen molar-refractivity contribution in [2.45, 2.75) is 6.42 Å². The predicted molar refractivity (Wildman–Crippen MR) is 85.5 cm³/mol. The van der Waals surface area contributed by atoms with Crippen LogP contribution in [0, 0.1) is 0 Å². The molecule has 3 N–H and O–H groups in total. The standard InChI is InChI=1S/C15H15N2O5P/c18-14-6-5-11(9-12(14)15(19)20)16-17-13-4-2-1-3-10(13)7-8-23(21)22/h1-6,9,18,23H,7-8H2,(H,19,20)(H,21,22)/b17-16+. The van der Waals surface area contributed by atoms with Crippen molar-refractivity contribution in [2.24, 2.45) is 10.2 Å². The molecule has 0 aliphatic rings. The van der Waals surface area contributed by atoms with Crippen LogP contribution in [0.4, 0.5) is 11.4 Å². The molecule has 0 spiro atoms. The molecule has 0 amide bonds. The van der Waals surface area contributed by atoms with Gasteiger partial charge in [0.2, 0.25) is 0 Å². The first kappa shape index (κ1) is 16.9. The zero-order valence-electron chi connectivity index (χ0n) is 12.0. The highest BCUT2D eigenvalue weighted by Crippen LogP contribution is 2.27. The number of aromatic carboxylic acids is 1. The van der Waals surface area contributed by atoms with Crippen molar-refractivity contribution in [1.82, 2.24) is 0 Å². The van der Waals surface area contributed by atoms with Crippen molar-refractivity contribution in [2.75, 3.05) is 6.16 Å². The van der Waals surface area contributed by atoms with E-state index in [1.165, 1.54) is 18.2 Å². The smallest absolute Gasteiger partial charge is 0.339 e. The van der Waals surface area contributed by atoms with Crippen LogP contribution in [-0.2, 0) is 11.0 Å². The van der Waals surface area contributed by atoms with Gasteiger partial charge in [0.1, 0.15) is 11.3 Å². The molecule has 0 saturated heterocycles. The second-order valence-electron chi connectivity index (χ2n) is 4.73. The number of nitrogens with zero attached hydrogens (tertiary/aromatic N) is 2. The van der Waals surface area contributed by atoms with Crippen molar-refractivity contribution in [3.05, 3.63) is 53.6 Å². The minimum Gasteiger partial charge on any atom is -0.507 e. The van der Waals surface area contributed by atoms with Crippen LogP contribution < -0.4 is 0 Å². The summed E-state index contributed by atoms with van der Waals surface area (Å²) in [5, 5.41) is 26.4. The molecule has 8 heteroatoms. The molecule has 1 atom stereocenters. The van der Waals surface area contributed by atoms with E-state index < -0.39 is 14.0 Å². The summed E-state index contributed by atoms with van der Waals surface area (Å²) in [7, 11) is -2.55. The van der Waals surface area contributed by atoms with Crippen LogP contribution in [0.5, 0.6) is 5.75 Å². The first-order valence-corrected chi connectivity index (χ1v) is 8.31. The SMILES string of the molecule is O=C(O)c1cc(/N=N/c2ccccc2CC[PH](=O)O)ccc1O. The third kappa shape index (κ3) is 4.74. The second kappa shape index (κ2) is 7.67. The van der Waals surface area contributed by atoms with E-state index >= 15 is 0 Å². The molecule has 120 valence electrons. The second-order valence-corrected chi connectivity index (χ2v) is 6.02. The van der Waals surface area contributed by atoms with Gasteiger partial charge in [0.15, 0.2) is 8.03 Å². The predicted octanol–water partition coefficient (Wildman–Crippen LogP) is 3.52. The maximum atomic E-state index is 11.0. The minimum absolute atomic E-state index is 0.166. The van der Waals surface area contributed by atoms with Gasteiger partial charge in [-0.25, -0.2) is 4.79 Å². The molecule has 1 unspecified atom stereocenters. The van der Waals surface area contributed by atoms with Crippen LogP contribution in [0.3, 0.4) is 0 Å². The molecule has 2 aromatic rings. The van der Waals surface area contributed by atoms with Crippen LogP contribution in [0.1, 0.15) is 15.9 Å². The summed E-state index contributed by atoms with van der Waals surface area (Å²) < 4.78 is 10.8. The van der Waals surface area contributed by atoms with Crippen LogP contribution in [0.2, 0.25) is 0 Å². The lowest BCUT2D eigenvalue weighted by molar-refractivity contribution is 0.0693. The van der Waals surface area contributed by atoms with Crippen LogP contribution in [0.25, 0.3) is 0 Å². The van der Waals surface area contributed by atoms with Crippen molar-refractivity contribution >= 4 is 25.4 Å². The number of aromatic hydroxyl groups is 1. The lowest BCUT2D eigenvalue weighted by Gasteiger charge is -2.03. The molecule has 0 heterocycles. The van der Waals surface area contributed by atoms with Gasteiger partial charge in [-0.05, 0) is 36.2 Å². The van der Waals surface area contributed by atoms with Crippen molar-refractivity contribution in [3.8, 4) is 5.75 Å². The van der Waals surface area contributed by atoms with Gasteiger partial charge in [-0.3, -0.25) is 4.57 Å². The van der Waals surface area contributed by atoms with E-state index in [9.17, 15) is 14.5 Å². The first-order chi connectivity index (χ1) is 11.0. The number of aryl methyl sites for hydroxylation is 1. The van der Waals surface area contributed by atoms with Gasteiger partial charge in [0.05, 0.1) is 11.4 Å². The summed E-state index contributed by atoms with van der Waals surface area (Å²) in [5.74, 6) is -1.60. The number of hydrogen-bond acceptors (Lipinski definition) is 5. The van der Waals surface area contributed by atoms with E-state index in [1.807, 2.05) is 0 Å². The van der Waals surface area contributed by atoms with E-state index in [-0.39, 0.29) is 23.2 Å². The molecule has 0 saturated carbocycles. The van der Waals surface area contributed by atoms with E-state index in [4.69, 9.17) is 10.00 Å². The molecule has 2 aromatic carbocycles. The van der Waals surface area contributed by atoms with E-state index in [2.05, 4.69) is 10.2 Å². The Hall–Kier alpha value is -2.50. The monoisotopic (exact) mass is 334 g/mol. The molecule has 23 heavy (non-hydrogen) atoms. The van der Waals surface area contributed by atoms with Crippen molar-refractivity contribution in [1.29, 1.82) is 0 Å². The number of rotatable bonds is 6. The molecule has 0 aliphatic heterocycles. The Morgan fingerprint density at radius 1 is 1.13 bits per heavy atom. The van der Waals surface area contributed by atoms with Crippen LogP contribution in [-0.4, -0.2) is 27.2 Å². The van der Waals surface area contributed by atoms with Crippen LogP contribution in [0.15, 0.2) is 52.7 Å². The van der Waals surface area contributed by atoms with Gasteiger partial charge in [0.25, 0.3) is 0 Å². The summed E-state index contributed by atoms with van der Waals surface area (Å²) in [4.78, 5) is 19.9. The number of benzene rings is 2. The van der Waals surface area contributed by atoms with Crippen molar-refractivity contribution in [3.63, 3.8) is 0 Å². The fraction of sp³-hybridized carbons (Fsp3) is 0.133. The van der Waals surface area contributed by atoms with Gasteiger partial charge in [-0.2, -0.15) is 10.2 Å². The number of hydrogen-bond donors (Lipinski definition) is 3. The molecule has 0 aliphatic carbocycles. The molecule has 0 aromatic heterocycles. The lowest BCUT2D eigenvalue weighted by atomic mass is 10.1. The highest BCUT2D eigenvalue weighted by molar-refractivity contribution is 7.37. The third-order valence-corrected chi connectivity index (χ3v) is 3.76. The zero-order chi connectivity index (χ0) is 16.8. The summed E-state index contributed by atoms with van der Waals surface area (Å²) >= 11 is 0. The molecular formula is C15H15N2O5P. The highest BCUT2D eigenvalue weighted by Gasteiger charge is 2.10. The van der Waals surface area contributed by atoms with E-state index in [0.29, 0.717) is 12.1 Å². The summed E-state index contributed by atoms with van der Waals surface area (Å²) in [5.41, 5.74) is 1.35. The quantitative estimate of drug-likeness (QED) is 0.551. The Morgan fingerprint density at radius 3 is 2.57 bits per heavy atom. The number of azo groups is 1. The van der Waals surface area contributed by atoms with Gasteiger partial charge < -0.3 is 15.1 Å². The Labute approximate surface area is 132 Å². The minimum atomic E-state index is -2.55. The Balaban J connectivity index is 2.25. The molecule has 0 radical (unpaired) electrons. The summed E-state index contributed by atoms with van der Waals surface area (Å²) in [6.45, 7) is 0. The fourth-order valence-corrected chi connectivity index (χ4v) is 2.41.